The van der Waals surface area contributed by atoms with E-state index >= 15 is 0 Å². The topological polar surface area (TPSA) is 84.9 Å². The SMILES string of the molecule is O=C(O)[C@H]1CC[C@@H](C(=O)NCC2COCCO2)C1. The normalized spacial score (nSPS) is 32.1. The second-order valence-corrected chi connectivity index (χ2v) is 4.86. The lowest BCUT2D eigenvalue weighted by Crippen LogP contribution is -2.41. The molecule has 1 aliphatic heterocycles. The molecule has 102 valence electrons. The van der Waals surface area contributed by atoms with Crippen molar-refractivity contribution in [1.29, 1.82) is 0 Å². The molecule has 1 saturated carbocycles. The van der Waals surface area contributed by atoms with Gasteiger partial charge in [0.2, 0.25) is 5.91 Å². The first-order valence-corrected chi connectivity index (χ1v) is 6.36. The molecule has 0 bridgehead atoms. The molecule has 1 heterocycles. The van der Waals surface area contributed by atoms with Gasteiger partial charge in [-0.05, 0) is 19.3 Å². The van der Waals surface area contributed by atoms with Gasteiger partial charge in [0.05, 0.1) is 31.8 Å². The van der Waals surface area contributed by atoms with Crippen LogP contribution in [0.3, 0.4) is 0 Å². The highest BCUT2D eigenvalue weighted by Gasteiger charge is 2.33. The van der Waals surface area contributed by atoms with Crippen molar-refractivity contribution < 1.29 is 24.2 Å². The molecule has 0 spiro atoms. The average molecular weight is 257 g/mol. The van der Waals surface area contributed by atoms with Crippen LogP contribution in [0, 0.1) is 11.8 Å². The highest BCUT2D eigenvalue weighted by Crippen LogP contribution is 2.31. The van der Waals surface area contributed by atoms with E-state index in [-0.39, 0.29) is 23.8 Å². The number of nitrogens with one attached hydrogen (secondary N) is 1. The van der Waals surface area contributed by atoms with Gasteiger partial charge in [-0.3, -0.25) is 9.59 Å². The predicted molar refractivity (Wildman–Crippen MR) is 62.0 cm³/mol. The first-order valence-electron chi connectivity index (χ1n) is 6.36. The van der Waals surface area contributed by atoms with Gasteiger partial charge in [-0.2, -0.15) is 0 Å². The Kier molecular flexibility index (Phi) is 4.54. The second kappa shape index (κ2) is 6.15. The zero-order valence-corrected chi connectivity index (χ0v) is 10.3. The maximum absolute atomic E-state index is 11.9. The van der Waals surface area contributed by atoms with Gasteiger partial charge in [-0.15, -0.1) is 0 Å². The van der Waals surface area contributed by atoms with Gasteiger partial charge in [-0.1, -0.05) is 0 Å². The number of aliphatic carboxylic acids is 1. The average Bonchev–Trinajstić information content (AvgIpc) is 2.87. The Hall–Kier alpha value is -1.14. The molecule has 2 aliphatic rings. The first kappa shape index (κ1) is 13.3. The Bertz CT molecular complexity index is 314. The van der Waals surface area contributed by atoms with Gasteiger partial charge >= 0.3 is 5.97 Å². The van der Waals surface area contributed by atoms with Crippen LogP contribution in [0.1, 0.15) is 19.3 Å². The summed E-state index contributed by atoms with van der Waals surface area (Å²) in [4.78, 5) is 22.7. The number of hydrogen-bond acceptors (Lipinski definition) is 4. The van der Waals surface area contributed by atoms with Crippen molar-refractivity contribution in [2.75, 3.05) is 26.4 Å². The van der Waals surface area contributed by atoms with Gasteiger partial charge in [0.1, 0.15) is 0 Å². The fraction of sp³-hybridized carbons (Fsp3) is 0.833. The summed E-state index contributed by atoms with van der Waals surface area (Å²) >= 11 is 0. The molecule has 1 aliphatic carbocycles. The molecule has 2 fully saturated rings. The van der Waals surface area contributed by atoms with E-state index in [9.17, 15) is 9.59 Å². The monoisotopic (exact) mass is 257 g/mol. The van der Waals surface area contributed by atoms with Crippen LogP contribution < -0.4 is 5.32 Å². The third kappa shape index (κ3) is 3.43. The van der Waals surface area contributed by atoms with Crippen LogP contribution in [0.15, 0.2) is 0 Å². The van der Waals surface area contributed by atoms with Gasteiger partial charge < -0.3 is 19.9 Å². The fourth-order valence-corrected chi connectivity index (χ4v) is 2.46. The molecule has 0 aromatic heterocycles. The maximum atomic E-state index is 11.9. The number of rotatable bonds is 4. The molecule has 6 nitrogen and oxygen atoms in total. The number of carboxylic acids is 1. The molecule has 18 heavy (non-hydrogen) atoms. The zero-order valence-electron chi connectivity index (χ0n) is 10.3. The van der Waals surface area contributed by atoms with Crippen LogP contribution in [0.2, 0.25) is 0 Å². The van der Waals surface area contributed by atoms with Crippen molar-refractivity contribution in [1.82, 2.24) is 5.32 Å². The largest absolute Gasteiger partial charge is 0.481 e. The molecule has 0 aromatic carbocycles. The Balaban J connectivity index is 1.70. The highest BCUT2D eigenvalue weighted by molar-refractivity contribution is 5.80. The van der Waals surface area contributed by atoms with Crippen LogP contribution in [0.4, 0.5) is 0 Å². The summed E-state index contributed by atoms with van der Waals surface area (Å²) in [5, 5.41) is 11.7. The number of carbonyl (C=O) groups excluding carboxylic acids is 1. The van der Waals surface area contributed by atoms with Crippen LogP contribution in [-0.4, -0.2) is 49.5 Å². The molecule has 2 rings (SSSR count). The number of ether oxygens (including phenoxy) is 2. The van der Waals surface area contributed by atoms with Crippen molar-refractivity contribution >= 4 is 11.9 Å². The molecule has 6 heteroatoms. The predicted octanol–water partition coefficient (Wildman–Crippen LogP) is 0.0189. The smallest absolute Gasteiger partial charge is 0.306 e. The van der Waals surface area contributed by atoms with Crippen LogP contribution in [0.5, 0.6) is 0 Å². The molecule has 1 amide bonds. The third-order valence-electron chi connectivity index (χ3n) is 3.54. The van der Waals surface area contributed by atoms with Gasteiger partial charge in [0.15, 0.2) is 0 Å². The lowest BCUT2D eigenvalue weighted by molar-refractivity contribution is -0.141. The van der Waals surface area contributed by atoms with Crippen molar-refractivity contribution in [3.05, 3.63) is 0 Å². The maximum Gasteiger partial charge on any atom is 0.306 e. The van der Waals surface area contributed by atoms with Crippen LogP contribution in [-0.2, 0) is 19.1 Å². The standard InChI is InChI=1S/C12H19NO5/c14-11(8-1-2-9(5-8)12(15)16)13-6-10-7-17-3-4-18-10/h8-10H,1-7H2,(H,13,14)(H,15,16)/t8-,9+,10?/m1/s1. The molecule has 1 unspecified atom stereocenters. The highest BCUT2D eigenvalue weighted by atomic mass is 16.6. The van der Waals surface area contributed by atoms with Gasteiger partial charge in [0.25, 0.3) is 0 Å². The number of hydrogen-bond donors (Lipinski definition) is 2. The van der Waals surface area contributed by atoms with E-state index in [0.717, 1.165) is 0 Å². The summed E-state index contributed by atoms with van der Waals surface area (Å²) in [6.45, 7) is 2.11. The molecular formula is C12H19NO5. The van der Waals surface area contributed by atoms with Crippen LogP contribution >= 0.6 is 0 Å². The molecule has 0 aromatic rings. The zero-order chi connectivity index (χ0) is 13.0. The lowest BCUT2D eigenvalue weighted by atomic mass is 10.0. The van der Waals surface area contributed by atoms with Gasteiger partial charge in [0, 0.05) is 12.5 Å². The molecule has 3 atom stereocenters. The minimum absolute atomic E-state index is 0.0621. The Morgan fingerprint density at radius 2 is 2.00 bits per heavy atom. The third-order valence-corrected chi connectivity index (χ3v) is 3.54. The van der Waals surface area contributed by atoms with Crippen molar-refractivity contribution in [3.63, 3.8) is 0 Å². The van der Waals surface area contributed by atoms with Crippen molar-refractivity contribution in [3.8, 4) is 0 Å². The summed E-state index contributed by atoms with van der Waals surface area (Å²) in [7, 11) is 0. The Labute approximate surface area is 106 Å². The fourth-order valence-electron chi connectivity index (χ4n) is 2.46. The van der Waals surface area contributed by atoms with E-state index in [1.807, 2.05) is 0 Å². The summed E-state index contributed by atoms with van der Waals surface area (Å²) in [5.41, 5.74) is 0. The first-order chi connectivity index (χ1) is 8.66. The van der Waals surface area contributed by atoms with Crippen molar-refractivity contribution in [2.45, 2.75) is 25.4 Å². The minimum Gasteiger partial charge on any atom is -0.481 e. The van der Waals surface area contributed by atoms with E-state index in [1.165, 1.54) is 0 Å². The second-order valence-electron chi connectivity index (χ2n) is 4.86. The van der Waals surface area contributed by atoms with Gasteiger partial charge in [-0.25, -0.2) is 0 Å². The van der Waals surface area contributed by atoms with E-state index in [4.69, 9.17) is 14.6 Å². The molecular weight excluding hydrogens is 238 g/mol. The summed E-state index contributed by atoms with van der Waals surface area (Å²) in [6, 6.07) is 0. The van der Waals surface area contributed by atoms with E-state index < -0.39 is 5.97 Å². The van der Waals surface area contributed by atoms with Crippen molar-refractivity contribution in [2.24, 2.45) is 11.8 Å². The molecule has 0 radical (unpaired) electrons. The minimum atomic E-state index is -0.797. The summed E-state index contributed by atoms with van der Waals surface area (Å²) < 4.78 is 10.7. The summed E-state index contributed by atoms with van der Waals surface area (Å²) in [6.07, 6.45) is 1.61. The molecule has 1 saturated heterocycles. The Morgan fingerprint density at radius 3 is 2.61 bits per heavy atom. The number of amides is 1. The Morgan fingerprint density at radius 1 is 1.22 bits per heavy atom. The number of carbonyl (C=O) groups is 2. The van der Waals surface area contributed by atoms with E-state index in [2.05, 4.69) is 5.32 Å². The lowest BCUT2D eigenvalue weighted by Gasteiger charge is -2.23. The van der Waals surface area contributed by atoms with Crippen LogP contribution in [0.25, 0.3) is 0 Å². The number of carboxylic acid groups (broad SMARTS) is 1. The van der Waals surface area contributed by atoms with E-state index in [0.29, 0.717) is 45.6 Å². The summed E-state index contributed by atoms with van der Waals surface area (Å²) in [5.74, 6) is -1.40. The van der Waals surface area contributed by atoms with E-state index in [1.54, 1.807) is 0 Å². The quantitative estimate of drug-likeness (QED) is 0.741. The molecule has 2 N–H and O–H groups in total.